The second-order valence-electron chi connectivity index (χ2n) is 6.16. The van der Waals surface area contributed by atoms with Crippen LogP contribution < -0.4 is 5.32 Å². The maximum atomic E-state index is 11.9. The molecule has 5 atom stereocenters. The molecule has 1 aromatic carbocycles. The minimum Gasteiger partial charge on any atom is -0.477 e. The van der Waals surface area contributed by atoms with Crippen LogP contribution in [-0.2, 0) is 25.7 Å². The van der Waals surface area contributed by atoms with Crippen molar-refractivity contribution in [1.82, 2.24) is 5.32 Å². The van der Waals surface area contributed by atoms with Gasteiger partial charge in [-0.3, -0.25) is 4.79 Å². The van der Waals surface area contributed by atoms with Crippen molar-refractivity contribution < 1.29 is 39.5 Å². The smallest absolute Gasteiger partial charge is 0.368 e. The summed E-state index contributed by atoms with van der Waals surface area (Å²) in [7, 11) is 0. The molecule has 0 aliphatic carbocycles. The van der Waals surface area contributed by atoms with Crippen LogP contribution in [0.2, 0.25) is 0 Å². The number of aliphatic hydroxyl groups is 3. The SMILES string of the molecule is CC(=O)NC1C=CC(OCc2ccccc2)(C(=O)O)OC1C(O)C(O)CO. The van der Waals surface area contributed by atoms with Crippen molar-refractivity contribution in [2.24, 2.45) is 0 Å². The molecule has 2 rings (SSSR count). The van der Waals surface area contributed by atoms with Crippen molar-refractivity contribution in [1.29, 1.82) is 0 Å². The lowest BCUT2D eigenvalue weighted by molar-refractivity contribution is -0.265. The summed E-state index contributed by atoms with van der Waals surface area (Å²) in [6.45, 7) is 0.376. The summed E-state index contributed by atoms with van der Waals surface area (Å²) in [4.78, 5) is 23.2. The number of carboxylic acid groups (broad SMARTS) is 1. The van der Waals surface area contributed by atoms with Gasteiger partial charge in [0, 0.05) is 6.92 Å². The van der Waals surface area contributed by atoms with Crippen molar-refractivity contribution >= 4 is 11.9 Å². The van der Waals surface area contributed by atoms with Crippen molar-refractivity contribution in [3.8, 4) is 0 Å². The summed E-state index contributed by atoms with van der Waals surface area (Å²) in [6.07, 6.45) is -2.18. The van der Waals surface area contributed by atoms with E-state index >= 15 is 0 Å². The molecule has 0 radical (unpaired) electrons. The highest BCUT2D eigenvalue weighted by Crippen LogP contribution is 2.29. The van der Waals surface area contributed by atoms with Gasteiger partial charge in [0.25, 0.3) is 5.79 Å². The van der Waals surface area contributed by atoms with Crippen LogP contribution in [0.3, 0.4) is 0 Å². The van der Waals surface area contributed by atoms with Gasteiger partial charge in [0.2, 0.25) is 5.91 Å². The van der Waals surface area contributed by atoms with Gasteiger partial charge in [-0.05, 0) is 11.6 Å². The second kappa shape index (κ2) is 9.07. The number of nitrogens with one attached hydrogen (secondary N) is 1. The predicted octanol–water partition coefficient (Wildman–Crippen LogP) is -0.842. The van der Waals surface area contributed by atoms with Gasteiger partial charge in [0.15, 0.2) is 0 Å². The predicted molar refractivity (Wildman–Crippen MR) is 92.3 cm³/mol. The molecule has 1 aliphatic heterocycles. The number of amides is 1. The van der Waals surface area contributed by atoms with E-state index in [-0.39, 0.29) is 6.61 Å². The normalized spacial score (nSPS) is 27.0. The van der Waals surface area contributed by atoms with Gasteiger partial charge >= 0.3 is 5.97 Å². The summed E-state index contributed by atoms with van der Waals surface area (Å²) in [5.74, 6) is -4.14. The van der Waals surface area contributed by atoms with Crippen LogP contribution in [-0.4, -0.2) is 69.1 Å². The Hall–Kier alpha value is -2.30. The van der Waals surface area contributed by atoms with E-state index in [9.17, 15) is 24.9 Å². The van der Waals surface area contributed by atoms with Crippen molar-refractivity contribution in [3.05, 3.63) is 48.0 Å². The van der Waals surface area contributed by atoms with Crippen LogP contribution in [0, 0.1) is 0 Å². The molecule has 0 aromatic heterocycles. The van der Waals surface area contributed by atoms with E-state index < -0.39 is 48.6 Å². The third kappa shape index (κ3) is 5.12. The van der Waals surface area contributed by atoms with Crippen molar-refractivity contribution in [2.45, 2.75) is 43.7 Å². The molecule has 1 amide bonds. The largest absolute Gasteiger partial charge is 0.477 e. The van der Waals surface area contributed by atoms with E-state index in [0.29, 0.717) is 5.56 Å². The molecule has 27 heavy (non-hydrogen) atoms. The number of carbonyl (C=O) groups is 2. The van der Waals surface area contributed by atoms with Crippen molar-refractivity contribution in [3.63, 3.8) is 0 Å². The minimum atomic E-state index is -2.23. The molecule has 5 unspecified atom stereocenters. The molecule has 0 bridgehead atoms. The zero-order valence-electron chi connectivity index (χ0n) is 14.7. The summed E-state index contributed by atoms with van der Waals surface area (Å²) in [6, 6.07) is 7.88. The van der Waals surface area contributed by atoms with Gasteiger partial charge in [0.05, 0.1) is 19.3 Å². The number of ether oxygens (including phenoxy) is 2. The fourth-order valence-electron chi connectivity index (χ4n) is 2.66. The Morgan fingerprint density at radius 1 is 1.30 bits per heavy atom. The highest BCUT2D eigenvalue weighted by molar-refractivity contribution is 5.79. The highest BCUT2D eigenvalue weighted by atomic mass is 16.7. The molecule has 148 valence electrons. The van der Waals surface area contributed by atoms with Crippen LogP contribution in [0.5, 0.6) is 0 Å². The van der Waals surface area contributed by atoms with Crippen LogP contribution in [0.4, 0.5) is 0 Å². The molecule has 9 heteroatoms. The Balaban J connectivity index is 2.28. The fourth-order valence-corrected chi connectivity index (χ4v) is 2.66. The molecular weight excluding hydrogens is 358 g/mol. The molecule has 0 saturated carbocycles. The number of benzene rings is 1. The van der Waals surface area contributed by atoms with Crippen LogP contribution >= 0.6 is 0 Å². The summed E-state index contributed by atoms with van der Waals surface area (Å²) in [5, 5.41) is 41.2. The molecule has 1 heterocycles. The van der Waals surface area contributed by atoms with Gasteiger partial charge in [0.1, 0.15) is 18.3 Å². The average Bonchev–Trinajstić information content (AvgIpc) is 2.66. The summed E-state index contributed by atoms with van der Waals surface area (Å²) < 4.78 is 11.0. The third-order valence-corrected chi connectivity index (χ3v) is 4.07. The van der Waals surface area contributed by atoms with E-state index in [1.807, 2.05) is 0 Å². The summed E-state index contributed by atoms with van der Waals surface area (Å²) >= 11 is 0. The molecule has 1 aliphatic rings. The van der Waals surface area contributed by atoms with E-state index in [0.717, 1.165) is 6.08 Å². The van der Waals surface area contributed by atoms with Gasteiger partial charge in [-0.25, -0.2) is 4.79 Å². The molecule has 0 fully saturated rings. The first-order valence-electron chi connectivity index (χ1n) is 8.31. The monoisotopic (exact) mass is 381 g/mol. The van der Waals surface area contributed by atoms with Gasteiger partial charge in [-0.15, -0.1) is 0 Å². The quantitative estimate of drug-likeness (QED) is 0.366. The van der Waals surface area contributed by atoms with E-state index in [1.54, 1.807) is 30.3 Å². The standard InChI is InChI=1S/C18H23NO8/c1-11(21)19-13-7-8-18(17(24)25,26-10-12-5-3-2-4-6-12)27-16(13)15(23)14(22)9-20/h2-8,13-16,20,22-23H,9-10H2,1H3,(H,19,21)(H,24,25). The zero-order chi connectivity index (χ0) is 20.0. The van der Waals surface area contributed by atoms with Crippen molar-refractivity contribution in [2.75, 3.05) is 6.61 Å². The number of rotatable bonds is 8. The Morgan fingerprint density at radius 2 is 1.96 bits per heavy atom. The fraction of sp³-hybridized carbons (Fsp3) is 0.444. The maximum Gasteiger partial charge on any atom is 0.368 e. The zero-order valence-corrected chi connectivity index (χ0v) is 14.7. The third-order valence-electron chi connectivity index (χ3n) is 4.07. The lowest BCUT2D eigenvalue weighted by atomic mass is 9.96. The highest BCUT2D eigenvalue weighted by Gasteiger charge is 2.49. The molecule has 5 N–H and O–H groups in total. The average molecular weight is 381 g/mol. The first-order chi connectivity index (χ1) is 12.8. The number of hydrogen-bond donors (Lipinski definition) is 5. The topological polar surface area (TPSA) is 146 Å². The summed E-state index contributed by atoms with van der Waals surface area (Å²) in [5.41, 5.74) is 0.701. The molecule has 1 aromatic rings. The van der Waals surface area contributed by atoms with Crippen LogP contribution in [0.25, 0.3) is 0 Å². The molecule has 0 spiro atoms. The van der Waals surface area contributed by atoms with Gasteiger partial charge in [-0.2, -0.15) is 0 Å². The number of carboxylic acids is 1. The first kappa shape index (κ1) is 21.0. The number of aliphatic carboxylic acids is 1. The Kier molecular flexibility index (Phi) is 7.05. The van der Waals surface area contributed by atoms with Gasteiger partial charge < -0.3 is 35.2 Å². The number of aliphatic hydroxyl groups excluding tert-OH is 3. The Bertz CT molecular complexity index is 679. The Labute approximate surface area is 155 Å². The maximum absolute atomic E-state index is 11.9. The van der Waals surface area contributed by atoms with E-state index in [1.165, 1.54) is 13.0 Å². The number of hydrogen-bond acceptors (Lipinski definition) is 7. The Morgan fingerprint density at radius 3 is 2.52 bits per heavy atom. The molecule has 0 saturated heterocycles. The first-order valence-corrected chi connectivity index (χ1v) is 8.31. The lowest BCUT2D eigenvalue weighted by Crippen LogP contribution is -2.60. The minimum absolute atomic E-state index is 0.0896. The second-order valence-corrected chi connectivity index (χ2v) is 6.16. The lowest BCUT2D eigenvalue weighted by Gasteiger charge is -2.40. The number of carbonyl (C=O) groups excluding carboxylic acids is 1. The van der Waals surface area contributed by atoms with Crippen LogP contribution in [0.1, 0.15) is 12.5 Å². The van der Waals surface area contributed by atoms with Crippen LogP contribution in [0.15, 0.2) is 42.5 Å². The van der Waals surface area contributed by atoms with E-state index in [2.05, 4.69) is 5.32 Å². The molecular formula is C18H23NO8. The molecule has 9 nitrogen and oxygen atoms in total. The van der Waals surface area contributed by atoms with Gasteiger partial charge in [-0.1, -0.05) is 36.4 Å². The van der Waals surface area contributed by atoms with E-state index in [4.69, 9.17) is 14.6 Å².